The minimum atomic E-state index is 0.507. The van der Waals surface area contributed by atoms with E-state index in [9.17, 15) is 0 Å². The molecule has 1 aliphatic heterocycles. The van der Waals surface area contributed by atoms with E-state index in [1.807, 2.05) is 7.05 Å². The van der Waals surface area contributed by atoms with Crippen molar-refractivity contribution in [1.82, 2.24) is 15.8 Å². The van der Waals surface area contributed by atoms with Crippen LogP contribution in [0.15, 0.2) is 0 Å². The van der Waals surface area contributed by atoms with Crippen molar-refractivity contribution >= 4 is 0 Å². The second kappa shape index (κ2) is 7.31. The van der Waals surface area contributed by atoms with E-state index >= 15 is 0 Å². The molecular weight excluding hydrogens is 214 g/mol. The van der Waals surface area contributed by atoms with E-state index in [1.165, 1.54) is 51.6 Å². The first-order valence-electron chi connectivity index (χ1n) is 7.14. The number of ether oxygens (including phenoxy) is 1. The molecule has 100 valence electrons. The van der Waals surface area contributed by atoms with Crippen LogP contribution in [0, 0.1) is 0 Å². The summed E-state index contributed by atoms with van der Waals surface area (Å²) in [7, 11) is 1.94. The van der Waals surface area contributed by atoms with Gasteiger partial charge >= 0.3 is 0 Å². The Morgan fingerprint density at radius 2 is 1.82 bits per heavy atom. The number of nitrogens with one attached hydrogen (secondary N) is 2. The Morgan fingerprint density at radius 1 is 1.12 bits per heavy atom. The smallest absolute Gasteiger partial charge is 0.0597 e. The van der Waals surface area contributed by atoms with Crippen LogP contribution in [0.3, 0.4) is 0 Å². The van der Waals surface area contributed by atoms with E-state index in [-0.39, 0.29) is 0 Å². The van der Waals surface area contributed by atoms with E-state index in [0.29, 0.717) is 12.1 Å². The predicted molar refractivity (Wildman–Crippen MR) is 69.9 cm³/mol. The molecule has 0 amide bonds. The molecular formula is C13H27N3O. The Kier molecular flexibility index (Phi) is 5.71. The lowest BCUT2D eigenvalue weighted by Gasteiger charge is -2.29. The van der Waals surface area contributed by atoms with Crippen LogP contribution < -0.4 is 10.9 Å². The minimum absolute atomic E-state index is 0.507. The summed E-state index contributed by atoms with van der Waals surface area (Å²) in [6.45, 7) is 4.62. The van der Waals surface area contributed by atoms with Gasteiger partial charge in [0.15, 0.2) is 0 Å². The highest BCUT2D eigenvalue weighted by Gasteiger charge is 2.21. The fourth-order valence-electron chi connectivity index (χ4n) is 2.93. The van der Waals surface area contributed by atoms with Gasteiger partial charge in [0.05, 0.1) is 12.7 Å². The fourth-order valence-corrected chi connectivity index (χ4v) is 2.93. The van der Waals surface area contributed by atoms with Crippen LogP contribution in [0.1, 0.15) is 38.5 Å². The Balaban J connectivity index is 1.52. The van der Waals surface area contributed by atoms with Gasteiger partial charge in [-0.3, -0.25) is 10.9 Å². The third-order valence-corrected chi connectivity index (χ3v) is 3.98. The number of hydrazine groups is 1. The molecule has 0 radical (unpaired) electrons. The first-order chi connectivity index (χ1) is 8.38. The Hall–Kier alpha value is -0.160. The molecule has 0 unspecified atom stereocenters. The molecule has 4 nitrogen and oxygen atoms in total. The second-order valence-corrected chi connectivity index (χ2v) is 5.29. The van der Waals surface area contributed by atoms with Gasteiger partial charge in [0, 0.05) is 12.6 Å². The molecule has 0 atom stereocenters. The normalized spacial score (nSPS) is 30.9. The van der Waals surface area contributed by atoms with E-state index in [1.54, 1.807) is 0 Å². The van der Waals surface area contributed by atoms with Crippen molar-refractivity contribution in [2.24, 2.45) is 0 Å². The standard InChI is InChI=1S/C13H27N3O/c1-14-15-12-4-6-13(7-5-12)17-11-10-16-8-2-3-9-16/h12-15H,2-11H2,1H3. The van der Waals surface area contributed by atoms with Crippen molar-refractivity contribution in [2.45, 2.75) is 50.7 Å². The van der Waals surface area contributed by atoms with Crippen molar-refractivity contribution in [3.63, 3.8) is 0 Å². The molecule has 1 saturated carbocycles. The maximum absolute atomic E-state index is 5.98. The average molecular weight is 241 g/mol. The van der Waals surface area contributed by atoms with Crippen LogP contribution in [0.2, 0.25) is 0 Å². The van der Waals surface area contributed by atoms with Gasteiger partial charge < -0.3 is 9.64 Å². The maximum Gasteiger partial charge on any atom is 0.0597 e. The largest absolute Gasteiger partial charge is 0.377 e. The SMILES string of the molecule is CNNC1CCC(OCCN2CCCC2)CC1. The lowest BCUT2D eigenvalue weighted by molar-refractivity contribution is 0.0128. The average Bonchev–Trinajstić information content (AvgIpc) is 2.85. The van der Waals surface area contributed by atoms with Gasteiger partial charge in [0.2, 0.25) is 0 Å². The zero-order valence-electron chi connectivity index (χ0n) is 11.1. The quantitative estimate of drug-likeness (QED) is 0.684. The summed E-state index contributed by atoms with van der Waals surface area (Å²) in [5, 5.41) is 0. The summed E-state index contributed by atoms with van der Waals surface area (Å²) < 4.78 is 5.98. The summed E-state index contributed by atoms with van der Waals surface area (Å²) in [5.41, 5.74) is 6.33. The third kappa shape index (κ3) is 4.54. The van der Waals surface area contributed by atoms with Crippen LogP contribution in [-0.2, 0) is 4.74 Å². The van der Waals surface area contributed by atoms with Gasteiger partial charge in [-0.05, 0) is 58.7 Å². The van der Waals surface area contributed by atoms with Crippen LogP contribution in [-0.4, -0.2) is 50.3 Å². The lowest BCUT2D eigenvalue weighted by atomic mass is 9.93. The van der Waals surface area contributed by atoms with Gasteiger partial charge in [-0.25, -0.2) is 0 Å². The summed E-state index contributed by atoms with van der Waals surface area (Å²) in [6.07, 6.45) is 8.14. The van der Waals surface area contributed by atoms with Crippen molar-refractivity contribution < 1.29 is 4.74 Å². The van der Waals surface area contributed by atoms with E-state index in [4.69, 9.17) is 4.74 Å². The summed E-state index contributed by atoms with van der Waals surface area (Å²) >= 11 is 0. The monoisotopic (exact) mass is 241 g/mol. The molecule has 2 rings (SSSR count). The number of hydrogen-bond acceptors (Lipinski definition) is 4. The second-order valence-electron chi connectivity index (χ2n) is 5.29. The number of rotatable bonds is 6. The zero-order valence-corrected chi connectivity index (χ0v) is 11.1. The molecule has 0 aromatic rings. The fraction of sp³-hybridized carbons (Fsp3) is 1.00. The molecule has 2 fully saturated rings. The summed E-state index contributed by atoms with van der Waals surface area (Å²) in [4.78, 5) is 2.52. The van der Waals surface area contributed by atoms with Crippen molar-refractivity contribution in [3.05, 3.63) is 0 Å². The Bertz CT molecular complexity index is 199. The number of nitrogens with zero attached hydrogens (tertiary/aromatic N) is 1. The molecule has 0 aromatic carbocycles. The van der Waals surface area contributed by atoms with Gasteiger partial charge in [0.25, 0.3) is 0 Å². The van der Waals surface area contributed by atoms with Crippen molar-refractivity contribution in [3.8, 4) is 0 Å². The van der Waals surface area contributed by atoms with Crippen LogP contribution >= 0.6 is 0 Å². The predicted octanol–water partition coefficient (Wildman–Crippen LogP) is 1.13. The maximum atomic E-state index is 5.98. The molecule has 1 saturated heterocycles. The summed E-state index contributed by atoms with van der Waals surface area (Å²) in [6, 6.07) is 0.637. The highest BCUT2D eigenvalue weighted by atomic mass is 16.5. The number of likely N-dealkylation sites (tertiary alicyclic amines) is 1. The van der Waals surface area contributed by atoms with E-state index in [0.717, 1.165) is 13.2 Å². The number of hydrogen-bond donors (Lipinski definition) is 2. The van der Waals surface area contributed by atoms with Gasteiger partial charge in [0.1, 0.15) is 0 Å². The molecule has 2 N–H and O–H groups in total. The molecule has 1 heterocycles. The van der Waals surface area contributed by atoms with E-state index in [2.05, 4.69) is 15.8 Å². The summed E-state index contributed by atoms with van der Waals surface area (Å²) in [5.74, 6) is 0. The molecule has 1 aliphatic carbocycles. The molecule has 17 heavy (non-hydrogen) atoms. The Morgan fingerprint density at radius 3 is 2.47 bits per heavy atom. The van der Waals surface area contributed by atoms with Gasteiger partial charge in [-0.1, -0.05) is 0 Å². The first-order valence-corrected chi connectivity index (χ1v) is 7.14. The minimum Gasteiger partial charge on any atom is -0.377 e. The van der Waals surface area contributed by atoms with Crippen molar-refractivity contribution in [2.75, 3.05) is 33.3 Å². The molecule has 2 aliphatic rings. The topological polar surface area (TPSA) is 36.5 Å². The highest BCUT2D eigenvalue weighted by Crippen LogP contribution is 2.20. The Labute approximate surface area is 105 Å². The molecule has 0 bridgehead atoms. The van der Waals surface area contributed by atoms with Gasteiger partial charge in [-0.2, -0.15) is 0 Å². The molecule has 0 spiro atoms. The van der Waals surface area contributed by atoms with Crippen molar-refractivity contribution in [1.29, 1.82) is 0 Å². The van der Waals surface area contributed by atoms with E-state index < -0.39 is 0 Å². The first kappa shape index (κ1) is 13.3. The molecule has 0 aromatic heterocycles. The van der Waals surface area contributed by atoms with Gasteiger partial charge in [-0.15, -0.1) is 0 Å². The molecule has 4 heteroatoms. The van der Waals surface area contributed by atoms with Crippen LogP contribution in [0.5, 0.6) is 0 Å². The zero-order chi connectivity index (χ0) is 11.9. The van der Waals surface area contributed by atoms with Crippen LogP contribution in [0.4, 0.5) is 0 Å². The highest BCUT2D eigenvalue weighted by molar-refractivity contribution is 4.76. The third-order valence-electron chi connectivity index (χ3n) is 3.98. The lowest BCUT2D eigenvalue weighted by Crippen LogP contribution is -2.42. The van der Waals surface area contributed by atoms with Crippen LogP contribution in [0.25, 0.3) is 0 Å².